The Bertz CT molecular complexity index is 600. The smallest absolute Gasteiger partial charge is 0.0574 e. The van der Waals surface area contributed by atoms with Gasteiger partial charge in [-0.3, -0.25) is 0 Å². The lowest BCUT2D eigenvalue weighted by Crippen LogP contribution is -2.40. The Hall–Kier alpha value is -1.86. The Kier molecular flexibility index (Phi) is 3.00. The molecule has 96 valence electrons. The van der Waals surface area contributed by atoms with Gasteiger partial charge in [0.25, 0.3) is 0 Å². The van der Waals surface area contributed by atoms with Crippen molar-refractivity contribution >= 4 is 6.08 Å². The first-order valence-electron chi connectivity index (χ1n) is 6.73. The van der Waals surface area contributed by atoms with Gasteiger partial charge in [-0.05, 0) is 22.6 Å². The van der Waals surface area contributed by atoms with E-state index < -0.39 is 0 Å². The summed E-state index contributed by atoms with van der Waals surface area (Å²) in [7, 11) is 0. The van der Waals surface area contributed by atoms with Gasteiger partial charge in [0, 0.05) is 5.41 Å². The lowest BCUT2D eigenvalue weighted by molar-refractivity contribution is 0.190. The van der Waals surface area contributed by atoms with Crippen molar-refractivity contribution in [1.29, 1.82) is 0 Å². The standard InChI is InChI=1S/C18H18O/c1-14-11-12-15-7-5-6-10-17(15)18(14,13-19)16-8-3-2-4-9-16/h2-12,14,19H,13H2,1H3/t14-,18-/m0/s1. The first kappa shape index (κ1) is 12.2. The molecule has 1 nitrogen and oxygen atoms in total. The van der Waals surface area contributed by atoms with Crippen LogP contribution < -0.4 is 0 Å². The van der Waals surface area contributed by atoms with Crippen LogP contribution in [-0.4, -0.2) is 11.7 Å². The summed E-state index contributed by atoms with van der Waals surface area (Å²) in [6, 6.07) is 18.7. The predicted octanol–water partition coefficient (Wildman–Crippen LogP) is 3.63. The molecule has 19 heavy (non-hydrogen) atoms. The minimum Gasteiger partial charge on any atom is -0.395 e. The first-order chi connectivity index (χ1) is 9.29. The summed E-state index contributed by atoms with van der Waals surface area (Å²) in [5.41, 5.74) is 3.28. The molecule has 0 radical (unpaired) electrons. The summed E-state index contributed by atoms with van der Waals surface area (Å²) in [4.78, 5) is 0. The Labute approximate surface area is 114 Å². The maximum Gasteiger partial charge on any atom is 0.0574 e. The van der Waals surface area contributed by atoms with Gasteiger partial charge in [0.05, 0.1) is 6.61 Å². The highest BCUT2D eigenvalue weighted by Gasteiger charge is 2.40. The van der Waals surface area contributed by atoms with E-state index in [-0.39, 0.29) is 17.9 Å². The van der Waals surface area contributed by atoms with E-state index in [0.29, 0.717) is 0 Å². The molecule has 2 aromatic carbocycles. The van der Waals surface area contributed by atoms with Crippen molar-refractivity contribution in [3.63, 3.8) is 0 Å². The Morgan fingerprint density at radius 1 is 1.00 bits per heavy atom. The second kappa shape index (κ2) is 4.67. The Balaban J connectivity index is 2.28. The number of aliphatic hydroxyl groups is 1. The third-order valence-electron chi connectivity index (χ3n) is 4.32. The van der Waals surface area contributed by atoms with Crippen LogP contribution in [0.1, 0.15) is 23.6 Å². The van der Waals surface area contributed by atoms with Crippen molar-refractivity contribution in [2.45, 2.75) is 12.3 Å². The van der Waals surface area contributed by atoms with Gasteiger partial charge in [-0.25, -0.2) is 0 Å². The zero-order valence-electron chi connectivity index (χ0n) is 11.1. The van der Waals surface area contributed by atoms with Crippen molar-refractivity contribution in [2.24, 2.45) is 5.92 Å². The average Bonchev–Trinajstić information content (AvgIpc) is 2.48. The number of rotatable bonds is 2. The topological polar surface area (TPSA) is 20.2 Å². The fraction of sp³-hybridized carbons (Fsp3) is 0.222. The van der Waals surface area contributed by atoms with Crippen LogP contribution in [0.15, 0.2) is 60.7 Å². The summed E-state index contributed by atoms with van der Waals surface area (Å²) in [6.07, 6.45) is 4.36. The highest BCUT2D eigenvalue weighted by Crippen LogP contribution is 2.44. The molecule has 0 unspecified atom stereocenters. The molecule has 0 aliphatic heterocycles. The first-order valence-corrected chi connectivity index (χ1v) is 6.73. The summed E-state index contributed by atoms with van der Waals surface area (Å²) in [5, 5.41) is 10.2. The van der Waals surface area contributed by atoms with Gasteiger partial charge in [-0.15, -0.1) is 0 Å². The SMILES string of the molecule is C[C@H]1C=Cc2ccccc2[C@]1(CO)c1ccccc1. The molecule has 2 aromatic rings. The number of benzene rings is 2. The van der Waals surface area contributed by atoms with E-state index in [1.165, 1.54) is 16.7 Å². The Morgan fingerprint density at radius 2 is 1.68 bits per heavy atom. The molecule has 0 spiro atoms. The zero-order valence-corrected chi connectivity index (χ0v) is 11.1. The molecule has 1 N–H and O–H groups in total. The molecule has 1 aliphatic rings. The van der Waals surface area contributed by atoms with E-state index in [2.05, 4.69) is 49.4 Å². The molecular weight excluding hydrogens is 232 g/mol. The molecule has 0 bridgehead atoms. The van der Waals surface area contributed by atoms with E-state index >= 15 is 0 Å². The number of hydrogen-bond acceptors (Lipinski definition) is 1. The minimum atomic E-state index is -0.327. The average molecular weight is 250 g/mol. The van der Waals surface area contributed by atoms with E-state index in [9.17, 15) is 5.11 Å². The second-order valence-corrected chi connectivity index (χ2v) is 5.23. The van der Waals surface area contributed by atoms with Gasteiger partial charge < -0.3 is 5.11 Å². The fourth-order valence-corrected chi connectivity index (χ4v) is 3.18. The largest absolute Gasteiger partial charge is 0.395 e. The van der Waals surface area contributed by atoms with Crippen molar-refractivity contribution in [3.8, 4) is 0 Å². The monoisotopic (exact) mass is 250 g/mol. The molecule has 0 amide bonds. The van der Waals surface area contributed by atoms with Crippen molar-refractivity contribution < 1.29 is 5.11 Å². The summed E-state index contributed by atoms with van der Waals surface area (Å²) in [6.45, 7) is 2.30. The van der Waals surface area contributed by atoms with Gasteiger partial charge in [0.15, 0.2) is 0 Å². The molecule has 0 saturated carbocycles. The highest BCUT2D eigenvalue weighted by atomic mass is 16.3. The van der Waals surface area contributed by atoms with Crippen molar-refractivity contribution in [3.05, 3.63) is 77.4 Å². The minimum absolute atomic E-state index is 0.125. The third-order valence-corrected chi connectivity index (χ3v) is 4.32. The maximum atomic E-state index is 10.2. The molecule has 1 aliphatic carbocycles. The Morgan fingerprint density at radius 3 is 2.42 bits per heavy atom. The molecule has 2 atom stereocenters. The highest BCUT2D eigenvalue weighted by molar-refractivity contribution is 5.63. The third kappa shape index (κ3) is 1.73. The molecule has 0 saturated heterocycles. The van der Waals surface area contributed by atoms with Crippen LogP contribution >= 0.6 is 0 Å². The van der Waals surface area contributed by atoms with Gasteiger partial charge >= 0.3 is 0 Å². The molecule has 0 heterocycles. The van der Waals surface area contributed by atoms with Crippen LogP contribution in [0.4, 0.5) is 0 Å². The molecule has 1 heteroatoms. The zero-order chi connectivity index (χ0) is 13.3. The maximum absolute atomic E-state index is 10.2. The predicted molar refractivity (Wildman–Crippen MR) is 78.9 cm³/mol. The fourth-order valence-electron chi connectivity index (χ4n) is 3.18. The van der Waals surface area contributed by atoms with Gasteiger partial charge in [-0.2, -0.15) is 0 Å². The summed E-state index contributed by atoms with van der Waals surface area (Å²) in [5.74, 6) is 0.273. The van der Waals surface area contributed by atoms with E-state index in [1.807, 2.05) is 24.3 Å². The van der Waals surface area contributed by atoms with Gasteiger partial charge in [-0.1, -0.05) is 73.7 Å². The lowest BCUT2D eigenvalue weighted by Gasteiger charge is -2.41. The van der Waals surface area contributed by atoms with E-state index in [1.54, 1.807) is 0 Å². The van der Waals surface area contributed by atoms with Gasteiger partial charge in [0.1, 0.15) is 0 Å². The number of hydrogen-bond donors (Lipinski definition) is 1. The lowest BCUT2D eigenvalue weighted by atomic mass is 9.63. The molecule has 0 fully saturated rings. The quantitative estimate of drug-likeness (QED) is 0.863. The van der Waals surface area contributed by atoms with Crippen LogP contribution in [0.5, 0.6) is 0 Å². The molecule has 3 rings (SSSR count). The molecule has 0 aromatic heterocycles. The second-order valence-electron chi connectivity index (χ2n) is 5.23. The summed E-state index contributed by atoms with van der Waals surface area (Å²) >= 11 is 0. The molecular formula is C18H18O. The number of allylic oxidation sites excluding steroid dienone is 1. The number of aliphatic hydroxyl groups excluding tert-OH is 1. The van der Waals surface area contributed by atoms with E-state index in [4.69, 9.17) is 0 Å². The summed E-state index contributed by atoms with van der Waals surface area (Å²) < 4.78 is 0. The van der Waals surface area contributed by atoms with Crippen LogP contribution in [0, 0.1) is 5.92 Å². The van der Waals surface area contributed by atoms with Gasteiger partial charge in [0.2, 0.25) is 0 Å². The van der Waals surface area contributed by atoms with E-state index in [0.717, 1.165) is 0 Å². The van der Waals surface area contributed by atoms with Crippen LogP contribution in [0.25, 0.3) is 6.08 Å². The van der Waals surface area contributed by atoms with Crippen LogP contribution in [-0.2, 0) is 5.41 Å². The van der Waals surface area contributed by atoms with Crippen LogP contribution in [0.3, 0.4) is 0 Å². The van der Waals surface area contributed by atoms with Crippen LogP contribution in [0.2, 0.25) is 0 Å². The normalized spacial score (nSPS) is 25.1. The van der Waals surface area contributed by atoms with Crippen molar-refractivity contribution in [2.75, 3.05) is 6.61 Å². The van der Waals surface area contributed by atoms with Crippen molar-refractivity contribution in [1.82, 2.24) is 0 Å². The number of fused-ring (bicyclic) bond motifs is 1.